The SMILES string of the molecule is Cc1c(Cl)cccc1N1C(=O)C2ON(c3ccccc3)C(c3ccccc3O)C2C1=O. The van der Waals surface area contributed by atoms with E-state index in [1.807, 2.05) is 30.3 Å². The van der Waals surface area contributed by atoms with Crippen LogP contribution in [0, 0.1) is 12.8 Å². The van der Waals surface area contributed by atoms with Crippen LogP contribution in [0.3, 0.4) is 0 Å². The molecule has 0 spiro atoms. The highest BCUT2D eigenvalue weighted by Gasteiger charge is 2.60. The number of hydroxylamine groups is 1. The fraction of sp³-hybridized carbons (Fsp3) is 0.167. The first-order valence-corrected chi connectivity index (χ1v) is 10.3. The molecule has 3 unspecified atom stereocenters. The van der Waals surface area contributed by atoms with Crippen LogP contribution in [0.2, 0.25) is 5.02 Å². The van der Waals surface area contributed by atoms with Gasteiger partial charge in [-0.05, 0) is 42.8 Å². The number of phenols is 1. The summed E-state index contributed by atoms with van der Waals surface area (Å²) < 4.78 is 0. The van der Waals surface area contributed by atoms with Gasteiger partial charge in [0.05, 0.1) is 17.4 Å². The van der Waals surface area contributed by atoms with Crippen LogP contribution in [0.4, 0.5) is 11.4 Å². The van der Waals surface area contributed by atoms with E-state index in [1.165, 1.54) is 0 Å². The Bertz CT molecular complexity index is 1180. The third-order valence-corrected chi connectivity index (χ3v) is 6.27. The van der Waals surface area contributed by atoms with Crippen molar-refractivity contribution >= 4 is 34.8 Å². The first kappa shape index (κ1) is 19.6. The molecule has 0 aliphatic carbocycles. The largest absolute Gasteiger partial charge is 0.508 e. The van der Waals surface area contributed by atoms with E-state index in [-0.39, 0.29) is 11.7 Å². The molecule has 156 valence electrons. The normalized spacial score (nSPS) is 22.8. The van der Waals surface area contributed by atoms with E-state index >= 15 is 0 Å². The first-order valence-electron chi connectivity index (χ1n) is 9.91. The van der Waals surface area contributed by atoms with Crippen molar-refractivity contribution in [3.8, 4) is 5.75 Å². The van der Waals surface area contributed by atoms with E-state index in [2.05, 4.69) is 0 Å². The highest BCUT2D eigenvalue weighted by atomic mass is 35.5. The number of halogens is 1. The summed E-state index contributed by atoms with van der Waals surface area (Å²) in [4.78, 5) is 34.2. The molecular formula is C24H19ClN2O4. The smallest absolute Gasteiger partial charge is 0.266 e. The molecule has 6 nitrogen and oxygen atoms in total. The molecule has 2 heterocycles. The van der Waals surface area contributed by atoms with E-state index in [9.17, 15) is 14.7 Å². The number of benzene rings is 3. The molecule has 2 aliphatic heterocycles. The summed E-state index contributed by atoms with van der Waals surface area (Å²) >= 11 is 6.24. The Morgan fingerprint density at radius 3 is 2.35 bits per heavy atom. The average molecular weight is 435 g/mol. The van der Waals surface area contributed by atoms with E-state index in [0.29, 0.717) is 27.5 Å². The Hall–Kier alpha value is -3.35. The minimum Gasteiger partial charge on any atom is -0.508 e. The Balaban J connectivity index is 1.63. The van der Waals surface area contributed by atoms with Crippen LogP contribution in [-0.4, -0.2) is 23.0 Å². The van der Waals surface area contributed by atoms with E-state index < -0.39 is 24.0 Å². The monoisotopic (exact) mass is 434 g/mol. The number of aromatic hydroxyl groups is 1. The van der Waals surface area contributed by atoms with Crippen molar-refractivity contribution in [1.82, 2.24) is 0 Å². The van der Waals surface area contributed by atoms with Gasteiger partial charge in [0.2, 0.25) is 5.91 Å². The average Bonchev–Trinajstić information content (AvgIpc) is 3.28. The predicted molar refractivity (Wildman–Crippen MR) is 117 cm³/mol. The molecular weight excluding hydrogens is 416 g/mol. The lowest BCUT2D eigenvalue weighted by molar-refractivity contribution is -0.126. The fourth-order valence-electron chi connectivity index (χ4n) is 4.34. The second-order valence-electron chi connectivity index (χ2n) is 7.61. The zero-order chi connectivity index (χ0) is 21.7. The van der Waals surface area contributed by atoms with Crippen LogP contribution >= 0.6 is 11.6 Å². The van der Waals surface area contributed by atoms with Gasteiger partial charge in [0.15, 0.2) is 6.10 Å². The van der Waals surface area contributed by atoms with Gasteiger partial charge in [-0.15, -0.1) is 0 Å². The number of anilines is 2. The summed E-state index contributed by atoms with van der Waals surface area (Å²) in [6, 6.07) is 20.5. The van der Waals surface area contributed by atoms with Gasteiger partial charge in [0.25, 0.3) is 5.91 Å². The lowest BCUT2D eigenvalue weighted by Gasteiger charge is -2.29. The van der Waals surface area contributed by atoms with Crippen LogP contribution in [0.25, 0.3) is 0 Å². The number of para-hydroxylation sites is 2. The second-order valence-corrected chi connectivity index (χ2v) is 8.02. The number of rotatable bonds is 3. The minimum atomic E-state index is -1.00. The van der Waals surface area contributed by atoms with Crippen LogP contribution in [-0.2, 0) is 14.4 Å². The Labute approximate surface area is 184 Å². The van der Waals surface area contributed by atoms with Crippen molar-refractivity contribution in [3.63, 3.8) is 0 Å². The molecule has 2 saturated heterocycles. The molecule has 0 saturated carbocycles. The van der Waals surface area contributed by atoms with E-state index in [0.717, 1.165) is 4.90 Å². The maximum atomic E-state index is 13.6. The summed E-state index contributed by atoms with van der Waals surface area (Å²) in [7, 11) is 0. The molecule has 1 N–H and O–H groups in total. The van der Waals surface area contributed by atoms with Crippen molar-refractivity contribution in [2.45, 2.75) is 19.1 Å². The number of nitrogens with zero attached hydrogens (tertiary/aromatic N) is 2. The Kier molecular flexibility index (Phi) is 4.68. The van der Waals surface area contributed by atoms with Gasteiger partial charge in [-0.1, -0.05) is 54.1 Å². The van der Waals surface area contributed by atoms with Crippen LogP contribution in [0.15, 0.2) is 72.8 Å². The number of imide groups is 1. The third-order valence-electron chi connectivity index (χ3n) is 5.86. The van der Waals surface area contributed by atoms with Crippen molar-refractivity contribution in [1.29, 1.82) is 0 Å². The maximum absolute atomic E-state index is 13.6. The summed E-state index contributed by atoms with van der Waals surface area (Å²) in [5, 5.41) is 12.6. The second kappa shape index (κ2) is 7.41. The standard InChI is InChI=1S/C24H19ClN2O4/c1-14-17(25)11-7-12-18(14)26-23(29)20-21(16-10-5-6-13-19(16)28)27(31-22(20)24(26)30)15-8-3-2-4-9-15/h2-13,20-22,28H,1H3. The molecule has 2 amide bonds. The van der Waals surface area contributed by atoms with Crippen LogP contribution < -0.4 is 9.96 Å². The number of fused-ring (bicyclic) bond motifs is 1. The van der Waals surface area contributed by atoms with Gasteiger partial charge in [0.1, 0.15) is 11.7 Å². The lowest BCUT2D eigenvalue weighted by Crippen LogP contribution is -2.37. The van der Waals surface area contributed by atoms with Gasteiger partial charge >= 0.3 is 0 Å². The summed E-state index contributed by atoms with van der Waals surface area (Å²) in [6.45, 7) is 1.77. The summed E-state index contributed by atoms with van der Waals surface area (Å²) in [5.41, 5.74) is 2.30. The molecule has 31 heavy (non-hydrogen) atoms. The van der Waals surface area contributed by atoms with Crippen molar-refractivity contribution in [3.05, 3.63) is 88.9 Å². The number of carbonyl (C=O) groups excluding carboxylic acids is 2. The molecule has 2 aliphatic rings. The summed E-state index contributed by atoms with van der Waals surface area (Å²) in [5.74, 6) is -1.61. The van der Waals surface area contributed by atoms with Crippen molar-refractivity contribution in [2.24, 2.45) is 5.92 Å². The molecule has 0 bridgehead atoms. The molecule has 7 heteroatoms. The number of amides is 2. The topological polar surface area (TPSA) is 70.1 Å². The highest BCUT2D eigenvalue weighted by molar-refractivity contribution is 6.32. The van der Waals surface area contributed by atoms with Gasteiger partial charge in [-0.3, -0.25) is 14.4 Å². The van der Waals surface area contributed by atoms with E-state index in [1.54, 1.807) is 54.5 Å². The highest BCUT2D eigenvalue weighted by Crippen LogP contribution is 2.49. The number of phenolic OH excluding ortho intramolecular Hbond substituents is 1. The van der Waals surface area contributed by atoms with Crippen LogP contribution in [0.5, 0.6) is 5.75 Å². The van der Waals surface area contributed by atoms with E-state index in [4.69, 9.17) is 16.4 Å². The molecule has 3 aromatic carbocycles. The Morgan fingerprint density at radius 2 is 1.61 bits per heavy atom. The van der Waals surface area contributed by atoms with Crippen LogP contribution in [0.1, 0.15) is 17.2 Å². The minimum absolute atomic E-state index is 0.0373. The van der Waals surface area contributed by atoms with Gasteiger partial charge in [-0.2, -0.15) is 0 Å². The van der Waals surface area contributed by atoms with Gasteiger partial charge in [0, 0.05) is 10.6 Å². The molecule has 3 aromatic rings. The number of hydrogen-bond donors (Lipinski definition) is 1. The maximum Gasteiger partial charge on any atom is 0.266 e. The van der Waals surface area contributed by atoms with Gasteiger partial charge < -0.3 is 5.11 Å². The van der Waals surface area contributed by atoms with Crippen molar-refractivity contribution in [2.75, 3.05) is 9.96 Å². The zero-order valence-corrected chi connectivity index (χ0v) is 17.4. The zero-order valence-electron chi connectivity index (χ0n) is 16.6. The van der Waals surface area contributed by atoms with Crippen molar-refractivity contribution < 1.29 is 19.5 Å². The fourth-order valence-corrected chi connectivity index (χ4v) is 4.51. The third kappa shape index (κ3) is 2.99. The lowest BCUT2D eigenvalue weighted by atomic mass is 9.90. The molecule has 3 atom stereocenters. The quantitative estimate of drug-likeness (QED) is 0.618. The molecule has 2 fully saturated rings. The molecule has 0 radical (unpaired) electrons. The van der Waals surface area contributed by atoms with Gasteiger partial charge in [-0.25, -0.2) is 9.96 Å². The molecule has 5 rings (SSSR count). The molecule has 0 aromatic heterocycles. The number of hydrogen-bond acceptors (Lipinski definition) is 5. The summed E-state index contributed by atoms with van der Waals surface area (Å²) in [6.07, 6.45) is -1.00. The number of carbonyl (C=O) groups is 2. The predicted octanol–water partition coefficient (Wildman–Crippen LogP) is 4.41. The first-order chi connectivity index (χ1) is 15.0. The Morgan fingerprint density at radius 1 is 0.903 bits per heavy atom.